The van der Waals surface area contributed by atoms with E-state index >= 15 is 0 Å². The molecule has 0 bridgehead atoms. The van der Waals surface area contributed by atoms with E-state index in [0.29, 0.717) is 10.5 Å². The van der Waals surface area contributed by atoms with E-state index in [-0.39, 0.29) is 6.10 Å². The molecule has 0 amide bonds. The third kappa shape index (κ3) is 3.33. The van der Waals surface area contributed by atoms with Crippen LogP contribution in [0.5, 0.6) is 0 Å². The monoisotopic (exact) mass is 190 g/mol. The van der Waals surface area contributed by atoms with Crippen molar-refractivity contribution in [3.63, 3.8) is 0 Å². The molecule has 0 radical (unpaired) electrons. The summed E-state index contributed by atoms with van der Waals surface area (Å²) in [7, 11) is 0. The van der Waals surface area contributed by atoms with Gasteiger partial charge in [-0.3, -0.25) is 0 Å². The molecule has 3 heteroatoms. The maximum Gasteiger partial charge on any atom is 0.0628 e. The first-order valence-corrected chi connectivity index (χ1v) is 5.55. The van der Waals surface area contributed by atoms with E-state index in [1.165, 1.54) is 0 Å². The second-order valence-corrected chi connectivity index (χ2v) is 5.08. The Morgan fingerprint density at radius 1 is 1.33 bits per heavy atom. The molecule has 1 saturated heterocycles. The molecule has 72 valence electrons. The van der Waals surface area contributed by atoms with Crippen LogP contribution in [-0.4, -0.2) is 34.9 Å². The van der Waals surface area contributed by atoms with Crippen molar-refractivity contribution in [1.29, 1.82) is 0 Å². The maximum atomic E-state index is 9.30. The highest BCUT2D eigenvalue weighted by Crippen LogP contribution is 2.27. The topological polar surface area (TPSA) is 29.5 Å². The summed E-state index contributed by atoms with van der Waals surface area (Å²) in [5.41, 5.74) is 0. The standard InChI is InChI=1S/C9H18O2S/c1-7(10)8(2)12-9-3-5-11-6-4-9/h7-10H,3-6H2,1-2H3. The number of ether oxygens (including phenoxy) is 1. The van der Waals surface area contributed by atoms with Crippen molar-refractivity contribution in [2.45, 2.75) is 43.3 Å². The average molecular weight is 190 g/mol. The summed E-state index contributed by atoms with van der Waals surface area (Å²) in [6.45, 7) is 5.73. The zero-order valence-electron chi connectivity index (χ0n) is 7.82. The second-order valence-electron chi connectivity index (χ2n) is 3.39. The van der Waals surface area contributed by atoms with Crippen LogP contribution < -0.4 is 0 Å². The van der Waals surface area contributed by atoms with Crippen molar-refractivity contribution in [3.8, 4) is 0 Å². The van der Waals surface area contributed by atoms with Crippen molar-refractivity contribution in [1.82, 2.24) is 0 Å². The van der Waals surface area contributed by atoms with Crippen molar-refractivity contribution >= 4 is 11.8 Å². The number of aliphatic hydroxyl groups excluding tert-OH is 1. The molecule has 0 spiro atoms. The predicted molar refractivity (Wildman–Crippen MR) is 52.6 cm³/mol. The summed E-state index contributed by atoms with van der Waals surface area (Å²) in [6.07, 6.45) is 2.08. The van der Waals surface area contributed by atoms with Gasteiger partial charge in [0.2, 0.25) is 0 Å². The molecule has 0 aliphatic carbocycles. The van der Waals surface area contributed by atoms with Crippen LogP contribution in [0, 0.1) is 0 Å². The molecule has 12 heavy (non-hydrogen) atoms. The first-order valence-electron chi connectivity index (χ1n) is 4.61. The minimum absolute atomic E-state index is 0.196. The lowest BCUT2D eigenvalue weighted by atomic mass is 10.2. The van der Waals surface area contributed by atoms with Gasteiger partial charge >= 0.3 is 0 Å². The van der Waals surface area contributed by atoms with E-state index in [4.69, 9.17) is 4.74 Å². The predicted octanol–water partition coefficient (Wildman–Crippen LogP) is 1.67. The highest BCUT2D eigenvalue weighted by atomic mass is 32.2. The van der Waals surface area contributed by atoms with Gasteiger partial charge in [0.15, 0.2) is 0 Å². The largest absolute Gasteiger partial charge is 0.392 e. The van der Waals surface area contributed by atoms with Crippen LogP contribution >= 0.6 is 11.8 Å². The summed E-state index contributed by atoms with van der Waals surface area (Å²) in [6, 6.07) is 0. The summed E-state index contributed by atoms with van der Waals surface area (Å²) in [4.78, 5) is 0. The first-order chi connectivity index (χ1) is 5.70. The van der Waals surface area contributed by atoms with Crippen LogP contribution in [-0.2, 0) is 4.74 Å². The fourth-order valence-corrected chi connectivity index (χ4v) is 2.53. The highest BCUT2D eigenvalue weighted by molar-refractivity contribution is 8.00. The minimum Gasteiger partial charge on any atom is -0.392 e. The van der Waals surface area contributed by atoms with Gasteiger partial charge in [0.05, 0.1) is 6.10 Å². The van der Waals surface area contributed by atoms with Crippen LogP contribution in [0.4, 0.5) is 0 Å². The molecule has 2 nitrogen and oxygen atoms in total. The summed E-state index contributed by atoms with van der Waals surface area (Å²) in [5.74, 6) is 0. The molecule has 0 aromatic rings. The average Bonchev–Trinajstić information content (AvgIpc) is 2.06. The van der Waals surface area contributed by atoms with E-state index < -0.39 is 0 Å². The van der Waals surface area contributed by atoms with E-state index in [0.717, 1.165) is 26.1 Å². The fourth-order valence-electron chi connectivity index (χ4n) is 1.23. The van der Waals surface area contributed by atoms with Crippen LogP contribution in [0.15, 0.2) is 0 Å². The summed E-state index contributed by atoms with van der Waals surface area (Å²) >= 11 is 1.90. The van der Waals surface area contributed by atoms with Gasteiger partial charge in [0.25, 0.3) is 0 Å². The second kappa shape index (κ2) is 5.10. The lowest BCUT2D eigenvalue weighted by Crippen LogP contribution is -2.24. The van der Waals surface area contributed by atoms with Gasteiger partial charge in [0.1, 0.15) is 0 Å². The molecule has 0 saturated carbocycles. The van der Waals surface area contributed by atoms with Crippen LogP contribution in [0.3, 0.4) is 0 Å². The van der Waals surface area contributed by atoms with E-state index in [1.807, 2.05) is 18.7 Å². The van der Waals surface area contributed by atoms with Crippen molar-refractivity contribution in [3.05, 3.63) is 0 Å². The number of rotatable bonds is 3. The summed E-state index contributed by atoms with van der Waals surface area (Å²) < 4.78 is 5.27. The lowest BCUT2D eigenvalue weighted by Gasteiger charge is -2.25. The van der Waals surface area contributed by atoms with Gasteiger partial charge in [0, 0.05) is 23.7 Å². The number of hydrogen-bond donors (Lipinski definition) is 1. The molecular formula is C9H18O2S. The Balaban J connectivity index is 2.20. The molecule has 0 aromatic carbocycles. The van der Waals surface area contributed by atoms with Gasteiger partial charge in [-0.05, 0) is 19.8 Å². The molecule has 1 aliphatic rings. The Hall–Kier alpha value is 0.270. The molecule has 1 N–H and O–H groups in total. The SMILES string of the molecule is CC(O)C(C)SC1CCOCC1. The van der Waals surface area contributed by atoms with Crippen molar-refractivity contribution < 1.29 is 9.84 Å². The van der Waals surface area contributed by atoms with Gasteiger partial charge in [-0.1, -0.05) is 6.92 Å². The Morgan fingerprint density at radius 2 is 1.92 bits per heavy atom. The fraction of sp³-hybridized carbons (Fsp3) is 1.00. The normalized spacial score (nSPS) is 25.2. The molecule has 1 fully saturated rings. The molecule has 1 aliphatic heterocycles. The van der Waals surface area contributed by atoms with E-state index in [9.17, 15) is 5.11 Å². The lowest BCUT2D eigenvalue weighted by molar-refractivity contribution is 0.0996. The van der Waals surface area contributed by atoms with E-state index in [2.05, 4.69) is 6.92 Å². The van der Waals surface area contributed by atoms with E-state index in [1.54, 1.807) is 0 Å². The Morgan fingerprint density at radius 3 is 2.42 bits per heavy atom. The van der Waals surface area contributed by atoms with Gasteiger partial charge in [-0.25, -0.2) is 0 Å². The van der Waals surface area contributed by atoms with Crippen molar-refractivity contribution in [2.75, 3.05) is 13.2 Å². The molecule has 1 rings (SSSR count). The molecule has 2 unspecified atom stereocenters. The zero-order valence-corrected chi connectivity index (χ0v) is 8.64. The van der Waals surface area contributed by atoms with Crippen LogP contribution in [0.25, 0.3) is 0 Å². The highest BCUT2D eigenvalue weighted by Gasteiger charge is 2.19. The Bertz CT molecular complexity index is 122. The number of hydrogen-bond acceptors (Lipinski definition) is 3. The quantitative estimate of drug-likeness (QED) is 0.734. The van der Waals surface area contributed by atoms with Gasteiger partial charge in [-0.15, -0.1) is 0 Å². The number of thioether (sulfide) groups is 1. The van der Waals surface area contributed by atoms with Gasteiger partial charge in [-0.2, -0.15) is 11.8 Å². The minimum atomic E-state index is -0.196. The Labute approximate surface area is 78.7 Å². The summed E-state index contributed by atoms with van der Waals surface area (Å²) in [5, 5.41) is 10.4. The molecule has 0 aromatic heterocycles. The van der Waals surface area contributed by atoms with Crippen molar-refractivity contribution in [2.24, 2.45) is 0 Å². The van der Waals surface area contributed by atoms with Crippen LogP contribution in [0.2, 0.25) is 0 Å². The third-order valence-corrected chi connectivity index (χ3v) is 3.93. The zero-order chi connectivity index (χ0) is 8.97. The Kier molecular flexibility index (Phi) is 4.40. The maximum absolute atomic E-state index is 9.30. The molecule has 2 atom stereocenters. The number of aliphatic hydroxyl groups is 1. The molecule has 1 heterocycles. The molecular weight excluding hydrogens is 172 g/mol. The van der Waals surface area contributed by atoms with Gasteiger partial charge < -0.3 is 9.84 Å². The smallest absolute Gasteiger partial charge is 0.0628 e. The first kappa shape index (κ1) is 10.4. The van der Waals surface area contributed by atoms with Crippen LogP contribution in [0.1, 0.15) is 26.7 Å². The third-order valence-electron chi connectivity index (χ3n) is 2.25.